The third-order valence-corrected chi connectivity index (χ3v) is 7.35. The van der Waals surface area contributed by atoms with Gasteiger partial charge in [0.1, 0.15) is 5.75 Å². The van der Waals surface area contributed by atoms with Crippen LogP contribution >= 0.6 is 0 Å². The SMILES string of the molecule is CNCC1CCCN(C(=O)C2(Cc3cccc(OC)c3)CC3CCC2C3)C1. The number of rotatable bonds is 6. The van der Waals surface area contributed by atoms with Gasteiger partial charge < -0.3 is 15.0 Å². The highest BCUT2D eigenvalue weighted by molar-refractivity contribution is 5.84. The summed E-state index contributed by atoms with van der Waals surface area (Å²) in [7, 11) is 3.73. The highest BCUT2D eigenvalue weighted by Gasteiger charge is 2.56. The van der Waals surface area contributed by atoms with Crippen LogP contribution < -0.4 is 10.1 Å². The minimum absolute atomic E-state index is 0.184. The highest BCUT2D eigenvalue weighted by Crippen LogP contribution is 2.58. The largest absolute Gasteiger partial charge is 0.497 e. The fourth-order valence-corrected chi connectivity index (χ4v) is 6.16. The molecule has 1 aromatic rings. The summed E-state index contributed by atoms with van der Waals surface area (Å²) in [5, 5.41) is 3.30. The molecule has 1 saturated heterocycles. The Morgan fingerprint density at radius 2 is 2.22 bits per heavy atom. The van der Waals surface area contributed by atoms with Crippen LogP contribution in [0.3, 0.4) is 0 Å². The number of fused-ring (bicyclic) bond motifs is 2. The maximum Gasteiger partial charge on any atom is 0.229 e. The summed E-state index contributed by atoms with van der Waals surface area (Å²) in [5.74, 6) is 3.25. The van der Waals surface area contributed by atoms with Gasteiger partial charge in [-0.2, -0.15) is 0 Å². The third-order valence-electron chi connectivity index (χ3n) is 7.35. The van der Waals surface area contributed by atoms with Crippen LogP contribution in [0.15, 0.2) is 24.3 Å². The Kier molecular flexibility index (Phi) is 5.45. The molecule has 2 saturated carbocycles. The molecule has 4 unspecified atom stereocenters. The summed E-state index contributed by atoms with van der Waals surface area (Å²) >= 11 is 0. The summed E-state index contributed by atoms with van der Waals surface area (Å²) in [4.78, 5) is 16.1. The first-order chi connectivity index (χ1) is 13.1. The van der Waals surface area contributed by atoms with Crippen molar-refractivity contribution in [2.45, 2.75) is 44.9 Å². The minimum atomic E-state index is -0.184. The topological polar surface area (TPSA) is 41.6 Å². The molecule has 0 radical (unpaired) electrons. The van der Waals surface area contributed by atoms with Crippen LogP contribution in [0.5, 0.6) is 5.75 Å². The lowest BCUT2D eigenvalue weighted by atomic mass is 9.68. The second-order valence-corrected chi connectivity index (χ2v) is 9.08. The van der Waals surface area contributed by atoms with E-state index in [9.17, 15) is 4.79 Å². The number of hydrogen-bond donors (Lipinski definition) is 1. The first-order valence-corrected chi connectivity index (χ1v) is 10.7. The van der Waals surface area contributed by atoms with E-state index in [-0.39, 0.29) is 5.41 Å². The number of hydrogen-bond acceptors (Lipinski definition) is 3. The number of nitrogens with zero attached hydrogens (tertiary/aromatic N) is 1. The standard InChI is InChI=1S/C23H34N2O2/c1-24-15-19-6-4-10-25(16-19)22(26)23(14-18-8-9-20(23)11-18)13-17-5-3-7-21(12-17)27-2/h3,5,7,12,18-20,24H,4,6,8-11,13-16H2,1-2H3. The highest BCUT2D eigenvalue weighted by atomic mass is 16.5. The normalized spacial score (nSPS) is 32.7. The Bertz CT molecular complexity index is 674. The summed E-state index contributed by atoms with van der Waals surface area (Å²) in [6.07, 6.45) is 8.14. The number of carbonyl (C=O) groups is 1. The molecule has 1 amide bonds. The fraction of sp³-hybridized carbons (Fsp3) is 0.696. The van der Waals surface area contributed by atoms with Crippen LogP contribution in [-0.4, -0.2) is 44.6 Å². The van der Waals surface area contributed by atoms with Gasteiger partial charge in [0.15, 0.2) is 0 Å². The van der Waals surface area contributed by atoms with Gasteiger partial charge in [0.25, 0.3) is 0 Å². The van der Waals surface area contributed by atoms with Crippen molar-refractivity contribution in [3.05, 3.63) is 29.8 Å². The molecular weight excluding hydrogens is 336 g/mol. The number of carbonyl (C=O) groups excluding carboxylic acids is 1. The molecule has 3 aliphatic rings. The molecule has 148 valence electrons. The van der Waals surface area contributed by atoms with E-state index in [0.717, 1.165) is 50.6 Å². The van der Waals surface area contributed by atoms with Crippen molar-refractivity contribution < 1.29 is 9.53 Å². The van der Waals surface area contributed by atoms with Crippen LogP contribution in [0.1, 0.15) is 44.1 Å². The van der Waals surface area contributed by atoms with E-state index in [0.29, 0.717) is 17.7 Å². The van der Waals surface area contributed by atoms with Gasteiger partial charge in [0, 0.05) is 13.1 Å². The van der Waals surface area contributed by atoms with Crippen molar-refractivity contribution in [2.24, 2.45) is 23.2 Å². The molecule has 4 atom stereocenters. The maximum atomic E-state index is 13.9. The van der Waals surface area contributed by atoms with Gasteiger partial charge in [-0.3, -0.25) is 4.79 Å². The van der Waals surface area contributed by atoms with Crippen molar-refractivity contribution in [1.29, 1.82) is 0 Å². The van der Waals surface area contributed by atoms with Crippen LogP contribution in [0, 0.1) is 23.2 Å². The van der Waals surface area contributed by atoms with Crippen molar-refractivity contribution in [3.63, 3.8) is 0 Å². The van der Waals surface area contributed by atoms with Crippen molar-refractivity contribution in [3.8, 4) is 5.75 Å². The van der Waals surface area contributed by atoms with Crippen LogP contribution in [0.25, 0.3) is 0 Å². The van der Waals surface area contributed by atoms with Gasteiger partial charge in [0.2, 0.25) is 5.91 Å². The lowest BCUT2D eigenvalue weighted by molar-refractivity contribution is -0.147. The molecule has 3 fully saturated rings. The number of likely N-dealkylation sites (tertiary alicyclic amines) is 1. The summed E-state index contributed by atoms with van der Waals surface area (Å²) in [6, 6.07) is 8.35. The number of nitrogens with one attached hydrogen (secondary N) is 1. The van der Waals surface area contributed by atoms with Crippen molar-refractivity contribution in [1.82, 2.24) is 10.2 Å². The smallest absolute Gasteiger partial charge is 0.229 e. The van der Waals surface area contributed by atoms with Gasteiger partial charge in [0.05, 0.1) is 12.5 Å². The van der Waals surface area contributed by atoms with Crippen molar-refractivity contribution >= 4 is 5.91 Å². The van der Waals surface area contributed by atoms with Gasteiger partial charge >= 0.3 is 0 Å². The molecule has 4 heteroatoms. The maximum absolute atomic E-state index is 13.9. The van der Waals surface area contributed by atoms with E-state index in [1.807, 2.05) is 13.1 Å². The first kappa shape index (κ1) is 18.8. The number of benzene rings is 1. The van der Waals surface area contributed by atoms with Gasteiger partial charge in [-0.25, -0.2) is 0 Å². The predicted molar refractivity (Wildman–Crippen MR) is 108 cm³/mol. The minimum Gasteiger partial charge on any atom is -0.497 e. The predicted octanol–water partition coefficient (Wildman–Crippen LogP) is 3.50. The Hall–Kier alpha value is -1.55. The Morgan fingerprint density at radius 3 is 2.93 bits per heavy atom. The fourth-order valence-electron chi connectivity index (χ4n) is 6.16. The van der Waals surface area contributed by atoms with E-state index in [4.69, 9.17) is 4.74 Å². The Morgan fingerprint density at radius 1 is 1.33 bits per heavy atom. The van der Waals surface area contributed by atoms with E-state index >= 15 is 0 Å². The average Bonchev–Trinajstić information content (AvgIpc) is 3.30. The van der Waals surface area contributed by atoms with Gasteiger partial charge in [-0.1, -0.05) is 18.6 Å². The molecule has 2 aliphatic carbocycles. The van der Waals surface area contributed by atoms with E-state index in [1.165, 1.54) is 31.2 Å². The van der Waals surface area contributed by atoms with E-state index in [2.05, 4.69) is 28.4 Å². The summed E-state index contributed by atoms with van der Waals surface area (Å²) in [6.45, 7) is 2.88. The summed E-state index contributed by atoms with van der Waals surface area (Å²) < 4.78 is 5.43. The molecule has 4 rings (SSSR count). The zero-order chi connectivity index (χ0) is 18.9. The third kappa shape index (κ3) is 3.61. The molecule has 0 aromatic heterocycles. The summed E-state index contributed by atoms with van der Waals surface area (Å²) in [5.41, 5.74) is 1.07. The lowest BCUT2D eigenvalue weighted by Gasteiger charge is -2.43. The molecule has 1 aliphatic heterocycles. The van der Waals surface area contributed by atoms with Gasteiger partial charge in [-0.05, 0) is 87.6 Å². The van der Waals surface area contributed by atoms with Crippen LogP contribution in [0.4, 0.5) is 0 Å². The van der Waals surface area contributed by atoms with E-state index < -0.39 is 0 Å². The lowest BCUT2D eigenvalue weighted by Crippen LogP contribution is -2.52. The number of amides is 1. The number of ether oxygens (including phenoxy) is 1. The van der Waals surface area contributed by atoms with Gasteiger partial charge in [-0.15, -0.1) is 0 Å². The number of piperidine rings is 1. The average molecular weight is 371 g/mol. The Labute approximate surface area is 163 Å². The molecule has 4 nitrogen and oxygen atoms in total. The van der Waals surface area contributed by atoms with Crippen LogP contribution in [0.2, 0.25) is 0 Å². The zero-order valence-corrected chi connectivity index (χ0v) is 16.9. The quantitative estimate of drug-likeness (QED) is 0.833. The monoisotopic (exact) mass is 370 g/mol. The molecular formula is C23H34N2O2. The molecule has 1 heterocycles. The molecule has 1 N–H and O–H groups in total. The van der Waals surface area contributed by atoms with Crippen molar-refractivity contribution in [2.75, 3.05) is 33.8 Å². The zero-order valence-electron chi connectivity index (χ0n) is 16.9. The second kappa shape index (κ2) is 7.83. The first-order valence-electron chi connectivity index (χ1n) is 10.7. The molecule has 0 spiro atoms. The Balaban J connectivity index is 1.58. The van der Waals surface area contributed by atoms with E-state index in [1.54, 1.807) is 7.11 Å². The second-order valence-electron chi connectivity index (χ2n) is 9.08. The molecule has 2 bridgehead atoms. The molecule has 27 heavy (non-hydrogen) atoms. The number of methoxy groups -OCH3 is 1. The molecule has 1 aromatic carbocycles. The van der Waals surface area contributed by atoms with Crippen LogP contribution in [-0.2, 0) is 11.2 Å².